The SMILES string of the molecule is O=C(O)CCCN1C(=O)/C(=C/c2cccc(-c3ccccc3F)c2)SC1=S. The second-order valence-electron chi connectivity index (χ2n) is 5.94. The van der Waals surface area contributed by atoms with Crippen molar-refractivity contribution in [2.24, 2.45) is 0 Å². The zero-order chi connectivity index (χ0) is 19.4. The van der Waals surface area contributed by atoms with Crippen LogP contribution in [-0.2, 0) is 9.59 Å². The number of hydrogen-bond donors (Lipinski definition) is 1. The zero-order valence-electron chi connectivity index (χ0n) is 14.2. The van der Waals surface area contributed by atoms with E-state index in [1.54, 1.807) is 30.3 Å². The Hall–Kier alpha value is -2.51. The maximum absolute atomic E-state index is 14.0. The summed E-state index contributed by atoms with van der Waals surface area (Å²) in [7, 11) is 0. The molecule has 3 rings (SSSR count). The molecule has 1 heterocycles. The molecule has 2 aromatic rings. The molecule has 2 aromatic carbocycles. The minimum atomic E-state index is -0.902. The molecule has 4 nitrogen and oxygen atoms in total. The van der Waals surface area contributed by atoms with Gasteiger partial charge in [0.2, 0.25) is 0 Å². The standard InChI is InChI=1S/C20H16FNO3S2/c21-16-8-2-1-7-15(16)14-6-3-5-13(11-14)12-17-19(25)22(20(26)27-17)10-4-9-18(23)24/h1-3,5-8,11-12H,4,9-10H2,(H,23,24)/b17-12-. The van der Waals surface area contributed by atoms with Crippen molar-refractivity contribution in [3.05, 3.63) is 64.8 Å². The third-order valence-corrected chi connectivity index (χ3v) is 5.39. The Kier molecular flexibility index (Phi) is 6.03. The van der Waals surface area contributed by atoms with Crippen LogP contribution in [0.3, 0.4) is 0 Å². The van der Waals surface area contributed by atoms with Crippen molar-refractivity contribution < 1.29 is 19.1 Å². The molecule has 27 heavy (non-hydrogen) atoms. The highest BCUT2D eigenvalue weighted by molar-refractivity contribution is 8.26. The molecule has 1 saturated heterocycles. The van der Waals surface area contributed by atoms with E-state index in [0.29, 0.717) is 21.2 Å². The summed E-state index contributed by atoms with van der Waals surface area (Å²) in [6.07, 6.45) is 2.06. The number of amides is 1. The van der Waals surface area contributed by atoms with Gasteiger partial charge in [0.05, 0.1) is 4.91 Å². The summed E-state index contributed by atoms with van der Waals surface area (Å²) in [6.45, 7) is 0.281. The number of benzene rings is 2. The number of carbonyl (C=O) groups is 2. The van der Waals surface area contributed by atoms with Crippen LogP contribution >= 0.6 is 24.0 Å². The molecule has 7 heteroatoms. The Morgan fingerprint density at radius 1 is 1.22 bits per heavy atom. The lowest BCUT2D eigenvalue weighted by Gasteiger charge is -2.13. The van der Waals surface area contributed by atoms with Crippen LogP contribution < -0.4 is 0 Å². The Bertz CT molecular complexity index is 942. The van der Waals surface area contributed by atoms with Gasteiger partial charge in [-0.15, -0.1) is 0 Å². The van der Waals surface area contributed by atoms with Crippen molar-refractivity contribution in [3.63, 3.8) is 0 Å². The van der Waals surface area contributed by atoms with Gasteiger partial charge in [0.15, 0.2) is 0 Å². The molecular formula is C20H16FNO3S2. The molecule has 138 valence electrons. The van der Waals surface area contributed by atoms with Crippen LogP contribution in [0.4, 0.5) is 4.39 Å². The number of thiocarbonyl (C=S) groups is 1. The molecule has 0 aliphatic carbocycles. The number of carbonyl (C=O) groups excluding carboxylic acids is 1. The average Bonchev–Trinajstić information content (AvgIpc) is 2.89. The van der Waals surface area contributed by atoms with Crippen LogP contribution in [0.25, 0.3) is 17.2 Å². The maximum Gasteiger partial charge on any atom is 0.303 e. The highest BCUT2D eigenvalue weighted by Crippen LogP contribution is 2.33. The lowest BCUT2D eigenvalue weighted by molar-refractivity contribution is -0.137. The van der Waals surface area contributed by atoms with Crippen molar-refractivity contribution in [2.45, 2.75) is 12.8 Å². The fourth-order valence-electron chi connectivity index (χ4n) is 2.72. The van der Waals surface area contributed by atoms with Crippen molar-refractivity contribution >= 4 is 46.3 Å². The number of halogens is 1. The maximum atomic E-state index is 14.0. The van der Waals surface area contributed by atoms with Crippen LogP contribution in [-0.4, -0.2) is 32.7 Å². The quantitative estimate of drug-likeness (QED) is 0.568. The van der Waals surface area contributed by atoms with Crippen molar-refractivity contribution in [2.75, 3.05) is 6.54 Å². The number of rotatable bonds is 6. The molecule has 0 saturated carbocycles. The Balaban J connectivity index is 1.80. The van der Waals surface area contributed by atoms with Gasteiger partial charge in [-0.25, -0.2) is 4.39 Å². The molecule has 1 amide bonds. The fraction of sp³-hybridized carbons (Fsp3) is 0.150. The van der Waals surface area contributed by atoms with Crippen molar-refractivity contribution in [1.29, 1.82) is 0 Å². The van der Waals surface area contributed by atoms with Crippen molar-refractivity contribution in [1.82, 2.24) is 4.90 Å². The number of nitrogens with zero attached hydrogens (tertiary/aromatic N) is 1. The van der Waals surface area contributed by atoms with Gasteiger partial charge >= 0.3 is 5.97 Å². The summed E-state index contributed by atoms with van der Waals surface area (Å²) in [5.41, 5.74) is 1.98. The van der Waals surface area contributed by atoms with Crippen molar-refractivity contribution in [3.8, 4) is 11.1 Å². The Morgan fingerprint density at radius 2 is 2.00 bits per heavy atom. The van der Waals surface area contributed by atoms with Gasteiger partial charge in [-0.05, 0) is 35.8 Å². The van der Waals surface area contributed by atoms with Gasteiger partial charge in [0.25, 0.3) is 5.91 Å². The minimum absolute atomic E-state index is 0.0131. The summed E-state index contributed by atoms with van der Waals surface area (Å²) in [5.74, 6) is -1.44. The third kappa shape index (κ3) is 4.61. The summed E-state index contributed by atoms with van der Waals surface area (Å²) in [4.78, 5) is 25.1. The monoisotopic (exact) mass is 401 g/mol. The van der Waals surface area contributed by atoms with E-state index in [1.807, 2.05) is 18.2 Å². The number of aliphatic carboxylic acids is 1. The smallest absolute Gasteiger partial charge is 0.303 e. The largest absolute Gasteiger partial charge is 0.481 e. The number of hydrogen-bond acceptors (Lipinski definition) is 4. The van der Waals surface area contributed by atoms with Crippen LogP contribution in [0.15, 0.2) is 53.4 Å². The molecule has 0 aromatic heterocycles. The van der Waals surface area contributed by atoms with Gasteiger partial charge in [-0.1, -0.05) is 60.4 Å². The van der Waals surface area contributed by atoms with Crippen LogP contribution in [0, 0.1) is 5.82 Å². The van der Waals surface area contributed by atoms with E-state index < -0.39 is 5.97 Å². The third-order valence-electron chi connectivity index (χ3n) is 4.02. The molecular weight excluding hydrogens is 385 g/mol. The molecule has 0 bridgehead atoms. The lowest BCUT2D eigenvalue weighted by atomic mass is 10.0. The van der Waals surface area contributed by atoms with E-state index >= 15 is 0 Å². The molecule has 1 aliphatic heterocycles. The van der Waals surface area contributed by atoms with Gasteiger partial charge in [-0.2, -0.15) is 0 Å². The van der Waals surface area contributed by atoms with Gasteiger partial charge < -0.3 is 5.11 Å². The second kappa shape index (κ2) is 8.45. The first-order valence-electron chi connectivity index (χ1n) is 8.28. The average molecular weight is 401 g/mol. The Labute approximate surface area is 165 Å². The lowest BCUT2D eigenvalue weighted by Crippen LogP contribution is -2.29. The molecule has 0 radical (unpaired) electrons. The second-order valence-corrected chi connectivity index (χ2v) is 7.61. The Morgan fingerprint density at radius 3 is 2.74 bits per heavy atom. The predicted octanol–water partition coefficient (Wildman–Crippen LogP) is 4.56. The first kappa shape index (κ1) is 19.3. The molecule has 1 N–H and O–H groups in total. The number of carboxylic acid groups (broad SMARTS) is 1. The highest BCUT2D eigenvalue weighted by atomic mass is 32.2. The number of thioether (sulfide) groups is 1. The molecule has 0 spiro atoms. The van der Waals surface area contributed by atoms with Gasteiger partial charge in [0.1, 0.15) is 10.1 Å². The highest BCUT2D eigenvalue weighted by Gasteiger charge is 2.31. The minimum Gasteiger partial charge on any atom is -0.481 e. The fourth-order valence-corrected chi connectivity index (χ4v) is 4.03. The molecule has 1 fully saturated rings. The predicted molar refractivity (Wildman–Crippen MR) is 109 cm³/mol. The van der Waals surface area contributed by atoms with Crippen LogP contribution in [0.2, 0.25) is 0 Å². The summed E-state index contributed by atoms with van der Waals surface area (Å²) in [5, 5.41) is 8.73. The molecule has 0 atom stereocenters. The van der Waals surface area contributed by atoms with Crippen LogP contribution in [0.1, 0.15) is 18.4 Å². The van der Waals surface area contributed by atoms with E-state index in [2.05, 4.69) is 0 Å². The van der Waals surface area contributed by atoms with E-state index in [1.165, 1.54) is 22.7 Å². The summed E-state index contributed by atoms with van der Waals surface area (Å²) in [6, 6.07) is 13.8. The summed E-state index contributed by atoms with van der Waals surface area (Å²) < 4.78 is 14.4. The summed E-state index contributed by atoms with van der Waals surface area (Å²) >= 11 is 6.43. The topological polar surface area (TPSA) is 57.6 Å². The molecule has 0 unspecified atom stereocenters. The van der Waals surface area contributed by atoms with E-state index in [-0.39, 0.29) is 24.7 Å². The number of carboxylic acids is 1. The van der Waals surface area contributed by atoms with Gasteiger partial charge in [-0.3, -0.25) is 14.5 Å². The molecule has 1 aliphatic rings. The zero-order valence-corrected chi connectivity index (χ0v) is 15.9. The van der Waals surface area contributed by atoms with E-state index in [0.717, 1.165) is 11.1 Å². The first-order valence-corrected chi connectivity index (χ1v) is 9.50. The normalized spacial score (nSPS) is 15.6. The van der Waals surface area contributed by atoms with E-state index in [4.69, 9.17) is 17.3 Å². The van der Waals surface area contributed by atoms with Gasteiger partial charge in [0, 0.05) is 18.5 Å². The first-order chi connectivity index (χ1) is 13.0. The van der Waals surface area contributed by atoms with Crippen LogP contribution in [0.5, 0.6) is 0 Å². The van der Waals surface area contributed by atoms with E-state index in [9.17, 15) is 14.0 Å².